The summed E-state index contributed by atoms with van der Waals surface area (Å²) < 4.78 is 46.3. The summed E-state index contributed by atoms with van der Waals surface area (Å²) in [5.74, 6) is -0.212. The van der Waals surface area contributed by atoms with E-state index in [2.05, 4.69) is 34.4 Å². The van der Waals surface area contributed by atoms with E-state index in [1.165, 1.54) is 42.5 Å². The van der Waals surface area contributed by atoms with E-state index in [4.69, 9.17) is 14.2 Å². The third-order valence-corrected chi connectivity index (χ3v) is 8.78. The van der Waals surface area contributed by atoms with Crippen LogP contribution in [-0.2, 0) is 4.79 Å². The standard InChI is InChI=1S/C35H40F2N4O5/c1-6-41(7-2)16-17-45-31-20-27-25(19-30(31)44-5)28(14-15-38-27)46-29-13-12-24(18-26(29)37)40-33(43)35(21-34(35,3)4)32(42)39-23-10-8-22(36)9-11-23/h8-15,18-20,32,39,42H,6-7,16-17,21H2,1-5H3,(H,40,43). The van der Waals surface area contributed by atoms with Gasteiger partial charge in [-0.3, -0.25) is 9.78 Å². The van der Waals surface area contributed by atoms with Gasteiger partial charge in [0.15, 0.2) is 23.1 Å². The van der Waals surface area contributed by atoms with Gasteiger partial charge >= 0.3 is 0 Å². The zero-order valence-corrected chi connectivity index (χ0v) is 26.7. The summed E-state index contributed by atoms with van der Waals surface area (Å²) in [6.07, 6.45) is 0.704. The lowest BCUT2D eigenvalue weighted by Crippen LogP contribution is -2.42. The lowest BCUT2D eigenvalue weighted by molar-refractivity contribution is -0.126. The van der Waals surface area contributed by atoms with Crippen molar-refractivity contribution in [1.29, 1.82) is 0 Å². The van der Waals surface area contributed by atoms with Crippen LogP contribution >= 0.6 is 0 Å². The predicted molar refractivity (Wildman–Crippen MR) is 174 cm³/mol. The van der Waals surface area contributed by atoms with Gasteiger partial charge in [-0.05, 0) is 73.5 Å². The van der Waals surface area contributed by atoms with E-state index < -0.39 is 34.6 Å². The molecule has 1 aliphatic rings. The highest BCUT2D eigenvalue weighted by atomic mass is 19.1. The second-order valence-corrected chi connectivity index (χ2v) is 12.0. The van der Waals surface area contributed by atoms with E-state index in [1.807, 2.05) is 13.8 Å². The van der Waals surface area contributed by atoms with Crippen molar-refractivity contribution in [3.8, 4) is 23.0 Å². The van der Waals surface area contributed by atoms with Gasteiger partial charge in [-0.2, -0.15) is 0 Å². The Kier molecular flexibility index (Phi) is 9.64. The molecule has 4 aromatic rings. The fourth-order valence-corrected chi connectivity index (χ4v) is 5.80. The highest BCUT2D eigenvalue weighted by Crippen LogP contribution is 2.65. The Balaban J connectivity index is 1.30. The number of hydrogen-bond acceptors (Lipinski definition) is 8. The zero-order valence-electron chi connectivity index (χ0n) is 26.7. The molecule has 3 aromatic carbocycles. The molecule has 1 heterocycles. The highest BCUT2D eigenvalue weighted by Gasteiger charge is 2.70. The Bertz CT molecular complexity index is 1700. The fraction of sp³-hybridized carbons (Fsp3) is 0.371. The maximum absolute atomic E-state index is 15.4. The van der Waals surface area contributed by atoms with E-state index in [1.54, 1.807) is 31.5 Å². The Morgan fingerprint density at radius 2 is 1.67 bits per heavy atom. The summed E-state index contributed by atoms with van der Waals surface area (Å²) in [7, 11) is 1.55. The van der Waals surface area contributed by atoms with Crippen LogP contribution in [0.2, 0.25) is 0 Å². The maximum Gasteiger partial charge on any atom is 0.235 e. The maximum atomic E-state index is 15.4. The second-order valence-electron chi connectivity index (χ2n) is 12.0. The number of benzene rings is 3. The molecule has 2 unspecified atom stereocenters. The normalized spacial score (nSPS) is 17.4. The predicted octanol–water partition coefficient (Wildman–Crippen LogP) is 6.82. The molecule has 1 saturated carbocycles. The number of aliphatic hydroxyl groups excluding tert-OH is 1. The number of aliphatic hydroxyl groups is 1. The minimum Gasteiger partial charge on any atom is -0.493 e. The number of carbonyl (C=O) groups excluding carboxylic acids is 1. The van der Waals surface area contributed by atoms with Crippen molar-refractivity contribution in [3.63, 3.8) is 0 Å². The molecule has 3 N–H and O–H groups in total. The number of anilines is 2. The molecule has 0 radical (unpaired) electrons. The molecule has 0 saturated heterocycles. The molecular weight excluding hydrogens is 594 g/mol. The molecule has 1 aliphatic carbocycles. The topological polar surface area (TPSA) is 105 Å². The average Bonchev–Trinajstić information content (AvgIpc) is 3.64. The van der Waals surface area contributed by atoms with E-state index in [0.29, 0.717) is 46.9 Å². The molecule has 5 rings (SSSR count). The SMILES string of the molecule is CCN(CC)CCOc1cc2nccc(Oc3ccc(NC(=O)C4(C(O)Nc5ccc(F)cc5)CC4(C)C)cc3F)c2cc1OC. The number of ether oxygens (including phenoxy) is 3. The van der Waals surface area contributed by atoms with Crippen LogP contribution in [0.4, 0.5) is 20.2 Å². The van der Waals surface area contributed by atoms with Gasteiger partial charge in [0.05, 0.1) is 18.0 Å². The monoisotopic (exact) mass is 634 g/mol. The van der Waals surface area contributed by atoms with Crippen LogP contribution in [0.5, 0.6) is 23.0 Å². The molecule has 2 atom stereocenters. The summed E-state index contributed by atoms with van der Waals surface area (Å²) in [6.45, 7) is 11.1. The number of rotatable bonds is 14. The van der Waals surface area contributed by atoms with Gasteiger partial charge in [0, 0.05) is 41.6 Å². The van der Waals surface area contributed by atoms with Crippen molar-refractivity contribution in [1.82, 2.24) is 9.88 Å². The smallest absolute Gasteiger partial charge is 0.235 e. The van der Waals surface area contributed by atoms with Gasteiger partial charge in [0.2, 0.25) is 5.91 Å². The summed E-state index contributed by atoms with van der Waals surface area (Å²) in [6, 6.07) is 14.8. The summed E-state index contributed by atoms with van der Waals surface area (Å²) in [5, 5.41) is 17.3. The Labute approximate surface area is 267 Å². The van der Waals surface area contributed by atoms with Crippen LogP contribution in [0, 0.1) is 22.5 Å². The second kappa shape index (κ2) is 13.5. The third-order valence-electron chi connectivity index (χ3n) is 8.78. The molecule has 1 aromatic heterocycles. The Morgan fingerprint density at radius 1 is 0.978 bits per heavy atom. The van der Waals surface area contributed by atoms with Gasteiger partial charge in [-0.25, -0.2) is 8.78 Å². The van der Waals surface area contributed by atoms with Crippen LogP contribution in [0.25, 0.3) is 10.9 Å². The van der Waals surface area contributed by atoms with Crippen molar-refractivity contribution in [2.24, 2.45) is 10.8 Å². The Morgan fingerprint density at radius 3 is 2.30 bits per heavy atom. The number of likely N-dealkylation sites (N-methyl/N-ethyl adjacent to an activating group) is 1. The highest BCUT2D eigenvalue weighted by molar-refractivity contribution is 5.99. The van der Waals surface area contributed by atoms with Crippen molar-refractivity contribution in [2.75, 3.05) is 44.0 Å². The third kappa shape index (κ3) is 6.70. The molecule has 9 nitrogen and oxygen atoms in total. The molecule has 0 bridgehead atoms. The van der Waals surface area contributed by atoms with Gasteiger partial charge in [0.1, 0.15) is 24.4 Å². The lowest BCUT2D eigenvalue weighted by atomic mass is 9.92. The number of nitrogens with zero attached hydrogens (tertiary/aromatic N) is 2. The first kappa shape index (κ1) is 32.9. The molecule has 244 valence electrons. The van der Waals surface area contributed by atoms with Crippen LogP contribution in [-0.4, -0.2) is 60.5 Å². The molecule has 0 spiro atoms. The first-order valence-corrected chi connectivity index (χ1v) is 15.3. The number of aromatic nitrogens is 1. The lowest BCUT2D eigenvalue weighted by Gasteiger charge is -2.27. The number of fused-ring (bicyclic) bond motifs is 1. The zero-order chi connectivity index (χ0) is 33.1. The fourth-order valence-electron chi connectivity index (χ4n) is 5.80. The molecule has 1 amide bonds. The molecule has 46 heavy (non-hydrogen) atoms. The number of halogens is 2. The number of methoxy groups -OCH3 is 1. The molecular formula is C35H40F2N4O5. The number of amides is 1. The van der Waals surface area contributed by atoms with Gasteiger partial charge in [-0.15, -0.1) is 0 Å². The van der Waals surface area contributed by atoms with Crippen molar-refractivity contribution < 1.29 is 32.9 Å². The van der Waals surface area contributed by atoms with Crippen LogP contribution in [0.1, 0.15) is 34.1 Å². The van der Waals surface area contributed by atoms with E-state index in [9.17, 15) is 14.3 Å². The van der Waals surface area contributed by atoms with E-state index >= 15 is 4.39 Å². The van der Waals surface area contributed by atoms with Gasteiger partial charge < -0.3 is 34.9 Å². The van der Waals surface area contributed by atoms with Crippen molar-refractivity contribution in [2.45, 2.75) is 40.3 Å². The molecule has 11 heteroatoms. The van der Waals surface area contributed by atoms with Crippen LogP contribution in [0.3, 0.4) is 0 Å². The quantitative estimate of drug-likeness (QED) is 0.130. The minimum absolute atomic E-state index is 0.0523. The van der Waals surface area contributed by atoms with Crippen LogP contribution in [0.15, 0.2) is 66.9 Å². The van der Waals surface area contributed by atoms with Crippen molar-refractivity contribution >= 4 is 28.2 Å². The van der Waals surface area contributed by atoms with E-state index in [0.717, 1.165) is 19.6 Å². The molecule has 1 fully saturated rings. The largest absolute Gasteiger partial charge is 0.493 e. The minimum atomic E-state index is -1.26. The number of pyridine rings is 1. The first-order chi connectivity index (χ1) is 22.0. The van der Waals surface area contributed by atoms with Crippen molar-refractivity contribution in [3.05, 3.63) is 78.5 Å². The summed E-state index contributed by atoms with van der Waals surface area (Å²) in [4.78, 5) is 20.2. The van der Waals surface area contributed by atoms with Crippen LogP contribution < -0.4 is 24.8 Å². The Hall–Kier alpha value is -4.48. The van der Waals surface area contributed by atoms with E-state index in [-0.39, 0.29) is 11.4 Å². The van der Waals surface area contributed by atoms with Gasteiger partial charge in [-0.1, -0.05) is 27.7 Å². The summed E-state index contributed by atoms with van der Waals surface area (Å²) in [5.41, 5.74) is -0.457. The number of hydrogen-bond donors (Lipinski definition) is 3. The molecule has 0 aliphatic heterocycles. The summed E-state index contributed by atoms with van der Waals surface area (Å²) >= 11 is 0. The number of carbonyl (C=O) groups is 1. The average molecular weight is 635 g/mol. The number of nitrogens with one attached hydrogen (secondary N) is 2. The first-order valence-electron chi connectivity index (χ1n) is 15.3. The van der Waals surface area contributed by atoms with Gasteiger partial charge in [0.25, 0.3) is 0 Å².